The van der Waals surface area contributed by atoms with Crippen LogP contribution >= 0.6 is 0 Å². The van der Waals surface area contributed by atoms with E-state index in [1.165, 1.54) is 0 Å². The summed E-state index contributed by atoms with van der Waals surface area (Å²) in [6, 6.07) is 0. The highest BCUT2D eigenvalue weighted by Gasteiger charge is 2.95. The summed E-state index contributed by atoms with van der Waals surface area (Å²) in [6.07, 6.45) is -10.7. The molecule has 0 atom stereocenters. The molecular formula is C11H3F17O2. The lowest BCUT2D eigenvalue weighted by molar-refractivity contribution is -0.459. The predicted octanol–water partition coefficient (Wildman–Crippen LogP) is 5.64. The number of aliphatic carboxylic acids is 1. The quantitative estimate of drug-likeness (QED) is 0.354. The minimum atomic E-state index is -8.71. The molecule has 0 bridgehead atoms. The average Bonchev–Trinajstić information content (AvgIpc) is 2.50. The monoisotopic (exact) mass is 490 g/mol. The molecular weight excluding hydrogens is 487 g/mol. The Labute approximate surface area is 151 Å². The van der Waals surface area contributed by atoms with Crippen LogP contribution in [-0.2, 0) is 4.79 Å². The molecule has 0 radical (unpaired) electrons. The number of hydrogen-bond donors (Lipinski definition) is 1. The molecule has 0 aromatic rings. The molecule has 0 aliphatic heterocycles. The zero-order valence-electron chi connectivity index (χ0n) is 12.9. The zero-order valence-corrected chi connectivity index (χ0v) is 12.9. The third-order valence-electron chi connectivity index (χ3n) is 3.18. The average molecular weight is 490 g/mol. The summed E-state index contributed by atoms with van der Waals surface area (Å²) in [5, 5.41) is 7.90. The number of carbonyl (C=O) groups is 1. The first kappa shape index (κ1) is 28.0. The highest BCUT2D eigenvalue weighted by molar-refractivity contribution is 5.79. The van der Waals surface area contributed by atoms with Crippen molar-refractivity contribution in [1.29, 1.82) is 0 Å². The number of halogens is 17. The van der Waals surface area contributed by atoms with Crippen molar-refractivity contribution in [2.75, 3.05) is 0 Å². The Balaban J connectivity index is 6.73. The molecule has 30 heavy (non-hydrogen) atoms. The van der Waals surface area contributed by atoms with E-state index in [4.69, 9.17) is 5.11 Å². The van der Waals surface area contributed by atoms with E-state index in [0.29, 0.717) is 0 Å². The largest absolute Gasteiger partial charge is 0.478 e. The fraction of sp³-hybridized carbons (Fsp3) is 0.727. The van der Waals surface area contributed by atoms with Gasteiger partial charge in [0.2, 0.25) is 0 Å². The van der Waals surface area contributed by atoms with Crippen molar-refractivity contribution in [3.63, 3.8) is 0 Å². The second kappa shape index (κ2) is 7.03. The molecule has 178 valence electrons. The number of carboxylic acids is 1. The molecule has 0 aliphatic carbocycles. The fourth-order valence-corrected chi connectivity index (χ4v) is 1.46. The molecule has 0 fully saturated rings. The highest BCUT2D eigenvalue weighted by atomic mass is 19.4. The Morgan fingerprint density at radius 3 is 1.03 bits per heavy atom. The minimum absolute atomic E-state index is 1.10. The van der Waals surface area contributed by atoms with Crippen molar-refractivity contribution in [3.05, 3.63) is 12.2 Å². The van der Waals surface area contributed by atoms with E-state index in [2.05, 4.69) is 0 Å². The van der Waals surface area contributed by atoms with Crippen molar-refractivity contribution < 1.29 is 84.5 Å². The van der Waals surface area contributed by atoms with Crippen LogP contribution in [0.25, 0.3) is 0 Å². The Kier molecular flexibility index (Phi) is 6.56. The Bertz CT molecular complexity index is 686. The second-order valence-electron chi connectivity index (χ2n) is 5.24. The van der Waals surface area contributed by atoms with Crippen molar-refractivity contribution in [2.24, 2.45) is 0 Å². The molecule has 2 nitrogen and oxygen atoms in total. The molecule has 1 N–H and O–H groups in total. The van der Waals surface area contributed by atoms with Gasteiger partial charge in [-0.15, -0.1) is 0 Å². The van der Waals surface area contributed by atoms with Gasteiger partial charge >= 0.3 is 53.6 Å². The molecule has 0 saturated carbocycles. The zero-order chi connectivity index (χ0) is 25.0. The molecule has 0 unspecified atom stereocenters. The van der Waals surface area contributed by atoms with E-state index < -0.39 is 65.8 Å². The lowest BCUT2D eigenvalue weighted by atomic mass is 9.89. The number of hydrogen-bond acceptors (Lipinski definition) is 1. The number of carboxylic acid groups (broad SMARTS) is 1. The Morgan fingerprint density at radius 2 is 0.767 bits per heavy atom. The smallest absolute Gasteiger partial charge is 0.460 e. The van der Waals surface area contributed by atoms with Gasteiger partial charge in [-0.1, -0.05) is 0 Å². The summed E-state index contributed by atoms with van der Waals surface area (Å²) in [7, 11) is 0. The minimum Gasteiger partial charge on any atom is -0.478 e. The van der Waals surface area contributed by atoms with Crippen LogP contribution < -0.4 is 0 Å². The molecule has 0 aliphatic rings. The molecule has 0 spiro atoms. The van der Waals surface area contributed by atoms with E-state index in [1.54, 1.807) is 0 Å². The topological polar surface area (TPSA) is 37.3 Å². The van der Waals surface area contributed by atoms with Gasteiger partial charge in [0.05, 0.1) is 0 Å². The summed E-state index contributed by atoms with van der Waals surface area (Å²) in [6.45, 7) is 0. The fourth-order valence-electron chi connectivity index (χ4n) is 1.46. The lowest BCUT2D eigenvalue weighted by Gasteiger charge is -2.42. The molecule has 19 heteroatoms. The summed E-state index contributed by atoms with van der Waals surface area (Å²) >= 11 is 0. The van der Waals surface area contributed by atoms with Crippen LogP contribution in [-0.4, -0.2) is 58.7 Å². The Hall–Kier alpha value is -1.98. The summed E-state index contributed by atoms with van der Waals surface area (Å²) in [4.78, 5) is 9.90. The van der Waals surface area contributed by atoms with Crippen molar-refractivity contribution in [3.8, 4) is 0 Å². The molecule has 0 amide bonds. The van der Waals surface area contributed by atoms with Crippen LogP contribution in [0, 0.1) is 0 Å². The van der Waals surface area contributed by atoms with Crippen LogP contribution in [0.2, 0.25) is 0 Å². The van der Waals surface area contributed by atoms with Crippen LogP contribution in [0.15, 0.2) is 12.2 Å². The van der Waals surface area contributed by atoms with Gasteiger partial charge in [-0.25, -0.2) is 4.79 Å². The van der Waals surface area contributed by atoms with Gasteiger partial charge in [-0.3, -0.25) is 0 Å². The second-order valence-corrected chi connectivity index (χ2v) is 5.24. The van der Waals surface area contributed by atoms with Crippen molar-refractivity contribution >= 4 is 5.97 Å². The molecule has 0 rings (SSSR count). The molecule has 0 heterocycles. The first-order valence-electron chi connectivity index (χ1n) is 6.30. The lowest BCUT2D eigenvalue weighted by Crippen LogP contribution is -2.74. The standard InChI is InChI=1S/C11H3F17O2/c12-4(13,2-1-3(29)30)5(14,15)6(16,17)7(18,19)8(20,21)9(22,23)10(24,25)11(26,27)28/h1-2H,(H,29,30). The van der Waals surface area contributed by atoms with Gasteiger partial charge in [-0.2, -0.15) is 74.6 Å². The molecule has 0 saturated heterocycles. The Morgan fingerprint density at radius 1 is 0.500 bits per heavy atom. The van der Waals surface area contributed by atoms with Crippen molar-refractivity contribution in [2.45, 2.75) is 47.6 Å². The normalized spacial score (nSPS) is 16.3. The van der Waals surface area contributed by atoms with Gasteiger partial charge in [0.1, 0.15) is 0 Å². The van der Waals surface area contributed by atoms with Crippen LogP contribution in [0.1, 0.15) is 0 Å². The SMILES string of the molecule is O=C(O)C=CC(F)(F)C(F)(F)C(F)(F)C(F)(F)C(F)(F)C(F)(F)C(F)(F)C(F)(F)F. The predicted molar refractivity (Wildman–Crippen MR) is 57.5 cm³/mol. The van der Waals surface area contributed by atoms with Crippen molar-refractivity contribution in [1.82, 2.24) is 0 Å². The summed E-state index contributed by atoms with van der Waals surface area (Å²) in [5.41, 5.74) is 0. The van der Waals surface area contributed by atoms with E-state index in [0.717, 1.165) is 0 Å². The van der Waals surface area contributed by atoms with E-state index >= 15 is 0 Å². The number of alkyl halides is 17. The third-order valence-corrected chi connectivity index (χ3v) is 3.18. The van der Waals surface area contributed by atoms with Gasteiger partial charge < -0.3 is 5.11 Å². The first-order valence-corrected chi connectivity index (χ1v) is 6.30. The van der Waals surface area contributed by atoms with Gasteiger partial charge in [-0.05, 0) is 6.08 Å². The molecule has 0 aromatic heterocycles. The maximum atomic E-state index is 13.2. The maximum Gasteiger partial charge on any atom is 0.460 e. The number of rotatable bonds is 8. The van der Waals surface area contributed by atoms with Gasteiger partial charge in [0, 0.05) is 6.08 Å². The third kappa shape index (κ3) is 3.63. The van der Waals surface area contributed by atoms with Gasteiger partial charge in [0.25, 0.3) is 0 Å². The highest BCUT2D eigenvalue weighted by Crippen LogP contribution is 2.63. The summed E-state index contributed by atoms with van der Waals surface area (Å²) < 4.78 is 218. The van der Waals surface area contributed by atoms with E-state index in [9.17, 15) is 79.4 Å². The summed E-state index contributed by atoms with van der Waals surface area (Å²) in [5.74, 6) is -60.0. The van der Waals surface area contributed by atoms with Gasteiger partial charge in [0.15, 0.2) is 0 Å². The van der Waals surface area contributed by atoms with E-state index in [1.807, 2.05) is 0 Å². The maximum absolute atomic E-state index is 13.2. The van der Waals surface area contributed by atoms with Crippen LogP contribution in [0.5, 0.6) is 0 Å². The number of allylic oxidation sites excluding steroid dienone is 1. The molecule has 0 aromatic carbocycles. The van der Waals surface area contributed by atoms with Crippen LogP contribution in [0.4, 0.5) is 74.6 Å². The first-order chi connectivity index (χ1) is 12.7. The van der Waals surface area contributed by atoms with Crippen LogP contribution in [0.3, 0.4) is 0 Å². The van der Waals surface area contributed by atoms with E-state index in [-0.39, 0.29) is 0 Å².